The van der Waals surface area contributed by atoms with Crippen molar-refractivity contribution in [2.45, 2.75) is 20.3 Å². The molecular weight excluding hydrogens is 242 g/mol. The Morgan fingerprint density at radius 2 is 1.63 bits per heavy atom. The number of hydrogen-bond donors (Lipinski definition) is 1. The van der Waals surface area contributed by atoms with E-state index in [1.54, 1.807) is 0 Å². The first kappa shape index (κ1) is 15.8. The maximum Gasteiger partial charge on any atom is 0.119 e. The molecule has 0 atom stereocenters. The maximum absolute atomic E-state index is 5.59. The van der Waals surface area contributed by atoms with Gasteiger partial charge in [-0.3, -0.25) is 0 Å². The second-order valence-electron chi connectivity index (χ2n) is 4.85. The number of rotatable bonds is 10. The Labute approximate surface area is 115 Å². The van der Waals surface area contributed by atoms with Gasteiger partial charge in [0, 0.05) is 25.3 Å². The number of nitrogens with two attached hydrogens (primary N) is 1. The van der Waals surface area contributed by atoms with E-state index in [9.17, 15) is 0 Å². The number of nitrogen functional groups attached to an aromatic ring is 1. The smallest absolute Gasteiger partial charge is 0.119 e. The monoisotopic (exact) mass is 267 g/mol. The van der Waals surface area contributed by atoms with Gasteiger partial charge in [0.15, 0.2) is 0 Å². The van der Waals surface area contributed by atoms with E-state index in [2.05, 4.69) is 13.8 Å². The van der Waals surface area contributed by atoms with Gasteiger partial charge in [-0.2, -0.15) is 0 Å². The first-order valence-electron chi connectivity index (χ1n) is 6.82. The molecule has 1 rings (SSSR count). The molecule has 0 amide bonds. The van der Waals surface area contributed by atoms with Crippen LogP contribution in [0.25, 0.3) is 0 Å². The van der Waals surface area contributed by atoms with Crippen molar-refractivity contribution < 1.29 is 14.2 Å². The van der Waals surface area contributed by atoms with Crippen LogP contribution in [-0.2, 0) is 9.47 Å². The van der Waals surface area contributed by atoms with Crippen LogP contribution in [0.4, 0.5) is 5.69 Å². The topological polar surface area (TPSA) is 53.7 Å². The third-order valence-corrected chi connectivity index (χ3v) is 2.41. The molecular formula is C15H25NO3. The SMILES string of the molecule is CC(C)COCCOCCCOc1ccc(N)cc1. The number of ether oxygens (including phenoxy) is 3. The van der Waals surface area contributed by atoms with Crippen LogP contribution < -0.4 is 10.5 Å². The Bertz CT molecular complexity index is 325. The Morgan fingerprint density at radius 1 is 0.947 bits per heavy atom. The van der Waals surface area contributed by atoms with Gasteiger partial charge in [-0.15, -0.1) is 0 Å². The molecule has 0 aliphatic heterocycles. The van der Waals surface area contributed by atoms with Gasteiger partial charge in [-0.05, 0) is 30.2 Å². The van der Waals surface area contributed by atoms with Gasteiger partial charge in [0.2, 0.25) is 0 Å². The molecule has 0 unspecified atom stereocenters. The summed E-state index contributed by atoms with van der Waals surface area (Å²) in [5.41, 5.74) is 6.34. The normalized spacial score (nSPS) is 10.9. The van der Waals surface area contributed by atoms with Crippen molar-refractivity contribution >= 4 is 5.69 Å². The van der Waals surface area contributed by atoms with Gasteiger partial charge < -0.3 is 19.9 Å². The molecule has 0 fully saturated rings. The largest absolute Gasteiger partial charge is 0.494 e. The maximum atomic E-state index is 5.59. The molecule has 4 heteroatoms. The number of hydrogen-bond acceptors (Lipinski definition) is 4. The fourth-order valence-electron chi connectivity index (χ4n) is 1.45. The summed E-state index contributed by atoms with van der Waals surface area (Å²) in [6.45, 7) is 7.72. The van der Waals surface area contributed by atoms with Crippen LogP contribution in [0.15, 0.2) is 24.3 Å². The number of anilines is 1. The lowest BCUT2D eigenvalue weighted by molar-refractivity contribution is 0.0343. The molecule has 4 nitrogen and oxygen atoms in total. The predicted octanol–water partition coefficient (Wildman–Crippen LogP) is 2.73. The van der Waals surface area contributed by atoms with Gasteiger partial charge in [-0.25, -0.2) is 0 Å². The van der Waals surface area contributed by atoms with E-state index in [-0.39, 0.29) is 0 Å². The summed E-state index contributed by atoms with van der Waals surface area (Å²) >= 11 is 0. The van der Waals surface area contributed by atoms with Crippen molar-refractivity contribution in [3.8, 4) is 5.75 Å². The van der Waals surface area contributed by atoms with Crippen molar-refractivity contribution in [3.05, 3.63) is 24.3 Å². The lowest BCUT2D eigenvalue weighted by Crippen LogP contribution is -2.10. The molecule has 108 valence electrons. The minimum Gasteiger partial charge on any atom is -0.494 e. The minimum atomic E-state index is 0.577. The van der Waals surface area contributed by atoms with Crippen molar-refractivity contribution in [3.63, 3.8) is 0 Å². The van der Waals surface area contributed by atoms with Crippen LogP contribution >= 0.6 is 0 Å². The zero-order valence-corrected chi connectivity index (χ0v) is 11.9. The molecule has 1 aromatic carbocycles. The zero-order valence-electron chi connectivity index (χ0n) is 11.9. The lowest BCUT2D eigenvalue weighted by atomic mass is 10.2. The van der Waals surface area contributed by atoms with Gasteiger partial charge in [-0.1, -0.05) is 13.8 Å². The summed E-state index contributed by atoms with van der Waals surface area (Å²) in [4.78, 5) is 0. The van der Waals surface area contributed by atoms with Crippen LogP contribution in [0.5, 0.6) is 5.75 Å². The molecule has 2 N–H and O–H groups in total. The van der Waals surface area contributed by atoms with Gasteiger partial charge in [0.05, 0.1) is 19.8 Å². The molecule has 0 aliphatic carbocycles. The third kappa shape index (κ3) is 8.46. The van der Waals surface area contributed by atoms with Crippen LogP contribution in [0, 0.1) is 5.92 Å². The second-order valence-corrected chi connectivity index (χ2v) is 4.85. The summed E-state index contributed by atoms with van der Waals surface area (Å²) in [6.07, 6.45) is 0.870. The van der Waals surface area contributed by atoms with E-state index >= 15 is 0 Å². The highest BCUT2D eigenvalue weighted by molar-refractivity contribution is 5.41. The Balaban J connectivity index is 1.90. The van der Waals surface area contributed by atoms with Crippen molar-refractivity contribution in [2.75, 3.05) is 38.8 Å². The van der Waals surface area contributed by atoms with E-state index in [0.717, 1.165) is 24.5 Å². The predicted molar refractivity (Wildman–Crippen MR) is 77.4 cm³/mol. The molecule has 0 radical (unpaired) electrons. The Morgan fingerprint density at radius 3 is 2.32 bits per heavy atom. The highest BCUT2D eigenvalue weighted by Crippen LogP contribution is 2.12. The molecule has 0 saturated heterocycles. The highest BCUT2D eigenvalue weighted by Gasteiger charge is 1.95. The van der Waals surface area contributed by atoms with Crippen molar-refractivity contribution in [1.82, 2.24) is 0 Å². The average Bonchev–Trinajstić information content (AvgIpc) is 2.38. The van der Waals surface area contributed by atoms with Gasteiger partial charge >= 0.3 is 0 Å². The summed E-state index contributed by atoms with van der Waals surface area (Å²) in [7, 11) is 0. The molecule has 19 heavy (non-hydrogen) atoms. The summed E-state index contributed by atoms with van der Waals surface area (Å²) in [5, 5.41) is 0. The molecule has 0 heterocycles. The lowest BCUT2D eigenvalue weighted by Gasteiger charge is -2.08. The molecule has 0 bridgehead atoms. The third-order valence-electron chi connectivity index (χ3n) is 2.41. The van der Waals surface area contributed by atoms with Crippen molar-refractivity contribution in [1.29, 1.82) is 0 Å². The zero-order chi connectivity index (χ0) is 13.9. The quantitative estimate of drug-likeness (QED) is 0.523. The summed E-state index contributed by atoms with van der Waals surface area (Å²) in [6, 6.07) is 7.40. The molecule has 0 aromatic heterocycles. The fraction of sp³-hybridized carbons (Fsp3) is 0.600. The fourth-order valence-corrected chi connectivity index (χ4v) is 1.45. The van der Waals surface area contributed by atoms with E-state index in [4.69, 9.17) is 19.9 Å². The first-order valence-corrected chi connectivity index (χ1v) is 6.82. The Kier molecular flexibility index (Phi) is 8.02. The summed E-state index contributed by atoms with van der Waals surface area (Å²) < 4.78 is 16.4. The Hall–Kier alpha value is -1.26. The molecule has 0 aliphatic rings. The van der Waals surface area contributed by atoms with Gasteiger partial charge in [0.25, 0.3) is 0 Å². The van der Waals surface area contributed by atoms with E-state index in [1.165, 1.54) is 0 Å². The van der Waals surface area contributed by atoms with E-state index in [0.29, 0.717) is 32.3 Å². The van der Waals surface area contributed by atoms with Crippen LogP contribution in [0.2, 0.25) is 0 Å². The van der Waals surface area contributed by atoms with Crippen LogP contribution in [0.1, 0.15) is 20.3 Å². The minimum absolute atomic E-state index is 0.577. The standard InChI is InChI=1S/C15H25NO3/c1-13(2)12-18-11-10-17-8-3-9-19-15-6-4-14(16)5-7-15/h4-7,13H,3,8-12,16H2,1-2H3. The molecule has 0 saturated carbocycles. The van der Waals surface area contributed by atoms with E-state index < -0.39 is 0 Å². The van der Waals surface area contributed by atoms with Crippen LogP contribution in [-0.4, -0.2) is 33.0 Å². The van der Waals surface area contributed by atoms with E-state index in [1.807, 2.05) is 24.3 Å². The average molecular weight is 267 g/mol. The molecule has 0 spiro atoms. The molecule has 1 aromatic rings. The number of benzene rings is 1. The van der Waals surface area contributed by atoms with Crippen molar-refractivity contribution in [2.24, 2.45) is 5.92 Å². The first-order chi connectivity index (χ1) is 9.18. The second kappa shape index (κ2) is 9.64. The highest BCUT2D eigenvalue weighted by atomic mass is 16.5. The van der Waals surface area contributed by atoms with Gasteiger partial charge in [0.1, 0.15) is 5.75 Å². The summed E-state index contributed by atoms with van der Waals surface area (Å²) in [5.74, 6) is 1.42. The van der Waals surface area contributed by atoms with Crippen LogP contribution in [0.3, 0.4) is 0 Å².